The van der Waals surface area contributed by atoms with Gasteiger partial charge in [-0.3, -0.25) is 4.84 Å². The van der Waals surface area contributed by atoms with Crippen LogP contribution in [0.5, 0.6) is 0 Å². The molecule has 1 aromatic carbocycles. The van der Waals surface area contributed by atoms with E-state index in [9.17, 15) is 0 Å². The van der Waals surface area contributed by atoms with Crippen LogP contribution in [0.4, 0.5) is 0 Å². The van der Waals surface area contributed by atoms with E-state index in [2.05, 4.69) is 6.07 Å². The molecule has 0 spiro atoms. The number of nitrogens with two attached hydrogens (primary N) is 1. The molecule has 0 fully saturated rings. The Kier molecular flexibility index (Phi) is 2.66. The molecule has 0 amide bonds. The fourth-order valence-corrected chi connectivity index (χ4v) is 1.03. The first kappa shape index (κ1) is 9.72. The van der Waals surface area contributed by atoms with Crippen molar-refractivity contribution in [2.24, 2.45) is 5.90 Å². The Morgan fingerprint density at radius 1 is 1.46 bits per heavy atom. The highest BCUT2D eigenvalue weighted by Gasteiger charge is 2.20. The van der Waals surface area contributed by atoms with Gasteiger partial charge in [0.15, 0.2) is 0 Å². The zero-order valence-corrected chi connectivity index (χ0v) is 7.74. The Hall–Kier alpha value is -1.37. The van der Waals surface area contributed by atoms with Crippen LogP contribution in [0.25, 0.3) is 0 Å². The van der Waals surface area contributed by atoms with Crippen LogP contribution < -0.4 is 5.90 Å². The summed E-state index contributed by atoms with van der Waals surface area (Å²) in [6, 6.07) is 9.28. The van der Waals surface area contributed by atoms with Crippen molar-refractivity contribution in [1.29, 1.82) is 5.26 Å². The molecule has 0 radical (unpaired) electrons. The number of hydrogen-bond donors (Lipinski definition) is 1. The highest BCUT2D eigenvalue weighted by Crippen LogP contribution is 2.23. The standard InChI is InChI=1S/C10H12N2O/c1-10(2,13-12)9-5-3-4-8(6-9)7-11/h3-6H,12H2,1-2H3. The number of rotatable bonds is 2. The highest BCUT2D eigenvalue weighted by atomic mass is 16.6. The summed E-state index contributed by atoms with van der Waals surface area (Å²) in [6.45, 7) is 3.70. The first-order chi connectivity index (χ1) is 6.10. The Balaban J connectivity index is 3.10. The fraction of sp³-hybridized carbons (Fsp3) is 0.300. The second kappa shape index (κ2) is 3.56. The lowest BCUT2D eigenvalue weighted by Crippen LogP contribution is -2.25. The van der Waals surface area contributed by atoms with Crippen LogP contribution in [-0.2, 0) is 10.4 Å². The van der Waals surface area contributed by atoms with Crippen molar-refractivity contribution in [1.82, 2.24) is 0 Å². The van der Waals surface area contributed by atoms with E-state index in [1.807, 2.05) is 26.0 Å². The maximum atomic E-state index is 8.68. The molecule has 3 heteroatoms. The molecule has 68 valence electrons. The van der Waals surface area contributed by atoms with Crippen molar-refractivity contribution in [3.8, 4) is 6.07 Å². The molecular formula is C10H12N2O. The minimum atomic E-state index is -0.549. The molecule has 0 aliphatic carbocycles. The van der Waals surface area contributed by atoms with E-state index in [0.29, 0.717) is 5.56 Å². The topological polar surface area (TPSA) is 59.0 Å². The summed E-state index contributed by atoms with van der Waals surface area (Å²) in [6.07, 6.45) is 0. The Morgan fingerprint density at radius 2 is 2.15 bits per heavy atom. The maximum absolute atomic E-state index is 8.68. The number of hydrogen-bond acceptors (Lipinski definition) is 3. The van der Waals surface area contributed by atoms with Gasteiger partial charge in [-0.25, -0.2) is 5.90 Å². The molecule has 13 heavy (non-hydrogen) atoms. The van der Waals surface area contributed by atoms with E-state index in [1.54, 1.807) is 12.1 Å². The molecule has 1 rings (SSSR count). The monoisotopic (exact) mass is 176 g/mol. The summed E-state index contributed by atoms with van der Waals surface area (Å²) >= 11 is 0. The lowest BCUT2D eigenvalue weighted by atomic mass is 9.97. The van der Waals surface area contributed by atoms with Gasteiger partial charge in [0.2, 0.25) is 0 Å². The summed E-state index contributed by atoms with van der Waals surface area (Å²) in [5.41, 5.74) is 0.962. The summed E-state index contributed by atoms with van der Waals surface area (Å²) in [7, 11) is 0. The maximum Gasteiger partial charge on any atom is 0.109 e. The number of nitriles is 1. The lowest BCUT2D eigenvalue weighted by Gasteiger charge is -2.22. The fourth-order valence-electron chi connectivity index (χ4n) is 1.03. The molecule has 0 bridgehead atoms. The summed E-state index contributed by atoms with van der Waals surface area (Å²) in [5, 5.41) is 8.68. The predicted molar refractivity (Wildman–Crippen MR) is 49.5 cm³/mol. The minimum absolute atomic E-state index is 0.549. The van der Waals surface area contributed by atoms with Gasteiger partial charge in [-0.05, 0) is 31.5 Å². The summed E-state index contributed by atoms with van der Waals surface area (Å²) in [4.78, 5) is 4.81. The van der Waals surface area contributed by atoms with E-state index in [1.165, 1.54) is 0 Å². The minimum Gasteiger partial charge on any atom is -0.294 e. The van der Waals surface area contributed by atoms with Crippen LogP contribution in [0.3, 0.4) is 0 Å². The summed E-state index contributed by atoms with van der Waals surface area (Å²) < 4.78 is 0. The zero-order chi connectivity index (χ0) is 9.90. The van der Waals surface area contributed by atoms with Crippen molar-refractivity contribution < 1.29 is 4.84 Å². The molecule has 0 unspecified atom stereocenters. The van der Waals surface area contributed by atoms with Gasteiger partial charge in [0.1, 0.15) is 5.60 Å². The van der Waals surface area contributed by atoms with Crippen LogP contribution in [0.1, 0.15) is 25.0 Å². The van der Waals surface area contributed by atoms with Gasteiger partial charge >= 0.3 is 0 Å². The average molecular weight is 176 g/mol. The third kappa shape index (κ3) is 2.05. The van der Waals surface area contributed by atoms with Crippen LogP contribution in [-0.4, -0.2) is 0 Å². The summed E-state index contributed by atoms with van der Waals surface area (Å²) in [5.74, 6) is 5.15. The molecule has 1 aromatic rings. The van der Waals surface area contributed by atoms with Crippen molar-refractivity contribution >= 4 is 0 Å². The molecule has 3 nitrogen and oxygen atoms in total. The molecule has 0 saturated carbocycles. The third-order valence-electron chi connectivity index (χ3n) is 1.98. The SMILES string of the molecule is CC(C)(ON)c1cccc(C#N)c1. The van der Waals surface area contributed by atoms with Gasteiger partial charge in [0.25, 0.3) is 0 Å². The van der Waals surface area contributed by atoms with Crippen LogP contribution in [0, 0.1) is 11.3 Å². The average Bonchev–Trinajstić information content (AvgIpc) is 2.18. The lowest BCUT2D eigenvalue weighted by molar-refractivity contribution is -0.0236. The quantitative estimate of drug-likeness (QED) is 0.697. The Labute approximate surface area is 77.7 Å². The molecule has 0 aromatic heterocycles. The van der Waals surface area contributed by atoms with E-state index < -0.39 is 5.60 Å². The van der Waals surface area contributed by atoms with Crippen molar-refractivity contribution in [3.63, 3.8) is 0 Å². The highest BCUT2D eigenvalue weighted by molar-refractivity contribution is 5.35. The largest absolute Gasteiger partial charge is 0.294 e. The van der Waals surface area contributed by atoms with Gasteiger partial charge in [-0.2, -0.15) is 5.26 Å². The van der Waals surface area contributed by atoms with E-state index in [0.717, 1.165) is 5.56 Å². The normalized spacial score (nSPS) is 10.9. The molecule has 0 heterocycles. The van der Waals surface area contributed by atoms with Crippen molar-refractivity contribution in [2.45, 2.75) is 19.4 Å². The zero-order valence-electron chi connectivity index (χ0n) is 7.74. The van der Waals surface area contributed by atoms with Gasteiger partial charge in [-0.15, -0.1) is 0 Å². The second-order valence-electron chi connectivity index (χ2n) is 3.32. The molecule has 0 aliphatic heterocycles. The van der Waals surface area contributed by atoms with Gasteiger partial charge in [0.05, 0.1) is 11.6 Å². The first-order valence-corrected chi connectivity index (χ1v) is 3.98. The van der Waals surface area contributed by atoms with Crippen molar-refractivity contribution in [2.75, 3.05) is 0 Å². The van der Waals surface area contributed by atoms with Gasteiger partial charge in [-0.1, -0.05) is 12.1 Å². The molecular weight excluding hydrogens is 164 g/mol. The van der Waals surface area contributed by atoms with Crippen LogP contribution in [0.2, 0.25) is 0 Å². The Bertz CT molecular complexity index is 339. The van der Waals surface area contributed by atoms with Crippen LogP contribution >= 0.6 is 0 Å². The first-order valence-electron chi connectivity index (χ1n) is 3.98. The van der Waals surface area contributed by atoms with Gasteiger partial charge < -0.3 is 0 Å². The molecule has 0 atom stereocenters. The van der Waals surface area contributed by atoms with Crippen LogP contribution in [0.15, 0.2) is 24.3 Å². The van der Waals surface area contributed by atoms with Gasteiger partial charge in [0, 0.05) is 0 Å². The molecule has 0 aliphatic rings. The predicted octanol–water partition coefficient (Wildman–Crippen LogP) is 1.68. The third-order valence-corrected chi connectivity index (χ3v) is 1.98. The van der Waals surface area contributed by atoms with E-state index in [4.69, 9.17) is 16.0 Å². The van der Waals surface area contributed by atoms with E-state index >= 15 is 0 Å². The molecule has 0 saturated heterocycles. The van der Waals surface area contributed by atoms with E-state index in [-0.39, 0.29) is 0 Å². The number of benzene rings is 1. The second-order valence-corrected chi connectivity index (χ2v) is 3.32. The smallest absolute Gasteiger partial charge is 0.109 e. The van der Waals surface area contributed by atoms with Crippen molar-refractivity contribution in [3.05, 3.63) is 35.4 Å². The molecule has 2 N–H and O–H groups in total. The number of nitrogens with zero attached hydrogens (tertiary/aromatic N) is 1. The Morgan fingerprint density at radius 3 is 2.69 bits per heavy atom.